The van der Waals surface area contributed by atoms with Crippen LogP contribution >= 0.6 is 0 Å². The average Bonchev–Trinajstić information content (AvgIpc) is 3.29. The van der Waals surface area contributed by atoms with Crippen molar-refractivity contribution in [1.82, 2.24) is 19.0 Å². The van der Waals surface area contributed by atoms with Crippen LogP contribution in [0.4, 0.5) is 5.69 Å². The maximum atomic E-state index is 12.9. The minimum absolute atomic E-state index is 0.0946. The van der Waals surface area contributed by atoms with E-state index in [-0.39, 0.29) is 35.8 Å². The zero-order valence-corrected chi connectivity index (χ0v) is 24.9. The van der Waals surface area contributed by atoms with Gasteiger partial charge in [-0.25, -0.2) is 12.7 Å². The number of carbonyl (C=O) groups excluding carboxylic acids is 2. The van der Waals surface area contributed by atoms with E-state index in [4.69, 9.17) is 9.47 Å². The summed E-state index contributed by atoms with van der Waals surface area (Å²) in [5.41, 5.74) is 1.96. The molecule has 1 atom stereocenters. The van der Waals surface area contributed by atoms with Gasteiger partial charge in [0, 0.05) is 40.2 Å². The topological polar surface area (TPSA) is 143 Å². The molecule has 1 unspecified atom stereocenters. The van der Waals surface area contributed by atoms with Gasteiger partial charge in [-0.05, 0) is 49.4 Å². The Bertz CT molecular complexity index is 1470. The van der Waals surface area contributed by atoms with E-state index in [0.29, 0.717) is 41.6 Å². The maximum Gasteiger partial charge on any atom is 0.274 e. The fourth-order valence-corrected chi connectivity index (χ4v) is 5.05. The van der Waals surface area contributed by atoms with E-state index in [1.165, 1.54) is 42.3 Å². The van der Waals surface area contributed by atoms with Gasteiger partial charge in [0.1, 0.15) is 11.4 Å². The van der Waals surface area contributed by atoms with Crippen LogP contribution in [0.1, 0.15) is 33.5 Å². The molecule has 4 rings (SSSR count). The first-order chi connectivity index (χ1) is 19.4. The van der Waals surface area contributed by atoms with Gasteiger partial charge in [-0.3, -0.25) is 14.3 Å². The molecule has 0 saturated carbocycles. The number of β-amino-alcohol motifs (C(OH)–C–C–N with tert-alkyl or cyclic N) is 1. The third-order valence-corrected chi connectivity index (χ3v) is 8.10. The van der Waals surface area contributed by atoms with Crippen molar-refractivity contribution in [3.63, 3.8) is 0 Å². The first-order valence-electron chi connectivity index (χ1n) is 12.9. The number of para-hydroxylation sites is 1. The third-order valence-electron chi connectivity index (χ3n) is 6.27. The number of fused-ring (bicyclic) bond motifs is 1. The molecule has 41 heavy (non-hydrogen) atoms. The summed E-state index contributed by atoms with van der Waals surface area (Å²) in [7, 11) is 2.91. The number of aryl methyl sites for hydroxylation is 2. The third kappa shape index (κ3) is 7.63. The summed E-state index contributed by atoms with van der Waals surface area (Å²) >= 11 is 0. The van der Waals surface area contributed by atoms with E-state index in [1.807, 2.05) is 13.8 Å². The normalized spacial score (nSPS) is 15.2. The zero-order valence-electron chi connectivity index (χ0n) is 24.1. The van der Waals surface area contributed by atoms with Gasteiger partial charge in [0.15, 0.2) is 5.75 Å². The van der Waals surface area contributed by atoms with Crippen LogP contribution in [-0.4, -0.2) is 91.8 Å². The number of aliphatic hydroxyl groups excluding tert-OH is 1. The van der Waals surface area contributed by atoms with Gasteiger partial charge < -0.3 is 24.8 Å². The number of nitrogens with one attached hydrogen (secondary N) is 1. The number of sulfonamides is 1. The quantitative estimate of drug-likeness (QED) is 0.429. The molecular weight excluding hydrogens is 550 g/mol. The van der Waals surface area contributed by atoms with E-state index in [2.05, 4.69) is 10.4 Å². The summed E-state index contributed by atoms with van der Waals surface area (Å²) < 4.78 is 36.7. The summed E-state index contributed by atoms with van der Waals surface area (Å²) in [6.45, 7) is 4.85. The molecular formula is C28H37N5O7S. The summed E-state index contributed by atoms with van der Waals surface area (Å²) in [4.78, 5) is 27.4. The highest BCUT2D eigenvalue weighted by atomic mass is 32.2. The molecule has 0 radical (unpaired) electrons. The van der Waals surface area contributed by atoms with Gasteiger partial charge in [0.05, 0.1) is 42.2 Å². The molecule has 2 aromatic carbocycles. The first kappa shape index (κ1) is 31.6. The molecule has 0 fully saturated rings. The molecule has 3 aromatic rings. The molecule has 12 nitrogen and oxygen atoms in total. The number of carbonyl (C=O) groups is 2. The Morgan fingerprint density at radius 1 is 1.22 bits per heavy atom. The van der Waals surface area contributed by atoms with Gasteiger partial charge in [0.25, 0.3) is 11.8 Å². The number of methoxy groups -OCH3 is 1. The Kier molecular flexibility index (Phi) is 10.5. The molecule has 1 aromatic heterocycles. The summed E-state index contributed by atoms with van der Waals surface area (Å²) in [6.07, 6.45) is 0. The minimum Gasteiger partial charge on any atom is -0.497 e. The van der Waals surface area contributed by atoms with Crippen LogP contribution in [-0.2, 0) is 17.1 Å². The highest BCUT2D eigenvalue weighted by Gasteiger charge is 2.27. The molecule has 1 aliphatic heterocycles. The van der Waals surface area contributed by atoms with E-state index in [9.17, 15) is 23.1 Å². The van der Waals surface area contributed by atoms with Crippen molar-refractivity contribution in [3.05, 3.63) is 65.5 Å². The Morgan fingerprint density at radius 3 is 2.46 bits per heavy atom. The Morgan fingerprint density at radius 2 is 1.90 bits per heavy atom. The van der Waals surface area contributed by atoms with Gasteiger partial charge in [-0.1, -0.05) is 13.0 Å². The Balaban J connectivity index is 0.000000278. The monoisotopic (exact) mass is 587 g/mol. The van der Waals surface area contributed by atoms with Crippen molar-refractivity contribution in [2.24, 2.45) is 13.0 Å². The fraction of sp³-hybridized carbons (Fsp3) is 0.393. The number of ether oxygens (including phenoxy) is 2. The second kappa shape index (κ2) is 13.6. The van der Waals surface area contributed by atoms with Crippen LogP contribution in [0.2, 0.25) is 0 Å². The lowest BCUT2D eigenvalue weighted by atomic mass is 10.1. The van der Waals surface area contributed by atoms with E-state index in [1.54, 1.807) is 48.3 Å². The number of anilines is 1. The molecule has 2 amide bonds. The highest BCUT2D eigenvalue weighted by Crippen LogP contribution is 2.32. The van der Waals surface area contributed by atoms with E-state index >= 15 is 0 Å². The molecule has 1 aliphatic rings. The zero-order chi connectivity index (χ0) is 30.3. The van der Waals surface area contributed by atoms with Crippen LogP contribution in [0.5, 0.6) is 11.5 Å². The maximum absolute atomic E-state index is 12.9. The van der Waals surface area contributed by atoms with Crippen LogP contribution in [0.3, 0.4) is 0 Å². The van der Waals surface area contributed by atoms with Crippen LogP contribution in [0, 0.1) is 12.8 Å². The van der Waals surface area contributed by atoms with E-state index in [0.717, 1.165) is 5.69 Å². The molecule has 0 bridgehead atoms. The smallest absolute Gasteiger partial charge is 0.274 e. The van der Waals surface area contributed by atoms with Crippen molar-refractivity contribution in [2.45, 2.75) is 18.7 Å². The van der Waals surface area contributed by atoms with Crippen molar-refractivity contribution < 1.29 is 32.6 Å². The van der Waals surface area contributed by atoms with Crippen molar-refractivity contribution in [2.75, 3.05) is 52.8 Å². The second-order valence-electron chi connectivity index (χ2n) is 9.78. The lowest BCUT2D eigenvalue weighted by molar-refractivity contribution is 0.0645. The molecule has 222 valence electrons. The summed E-state index contributed by atoms with van der Waals surface area (Å²) in [6, 6.07) is 13.1. The number of hydrogen-bond donors (Lipinski definition) is 2. The molecule has 2 N–H and O–H groups in total. The predicted octanol–water partition coefficient (Wildman–Crippen LogP) is 2.39. The first-order valence-corrected chi connectivity index (χ1v) is 14.4. The van der Waals surface area contributed by atoms with Crippen LogP contribution < -0.4 is 14.8 Å². The number of aromatic nitrogens is 2. The molecule has 13 heteroatoms. The number of nitrogens with zero attached hydrogens (tertiary/aromatic N) is 4. The van der Waals surface area contributed by atoms with Gasteiger partial charge >= 0.3 is 0 Å². The second-order valence-corrected chi connectivity index (χ2v) is 11.9. The summed E-state index contributed by atoms with van der Waals surface area (Å²) in [5, 5.41) is 16.3. The van der Waals surface area contributed by atoms with E-state index < -0.39 is 10.0 Å². The average molecular weight is 588 g/mol. The van der Waals surface area contributed by atoms with Crippen LogP contribution in [0.25, 0.3) is 0 Å². The van der Waals surface area contributed by atoms with Crippen molar-refractivity contribution in [3.8, 4) is 11.5 Å². The van der Waals surface area contributed by atoms with Crippen molar-refractivity contribution >= 4 is 27.5 Å². The standard InChI is InChI=1S/C19H24N4O4.C9H13NO3S/c1-12-10-23(7-8-24)19(26)14-5-4-6-15(17(14)27-11-12)20-18(25)16-9-13(2)21-22(16)3;1-10(2)14(11,12)9-6-4-8(13-3)5-7-9/h4-6,9,12,24H,7-8,10-11H2,1-3H3,(H,20,25);4-7H,1-3H3. The molecule has 0 aliphatic carbocycles. The van der Waals surface area contributed by atoms with Gasteiger partial charge in [-0.2, -0.15) is 5.10 Å². The Hall–Kier alpha value is -3.94. The van der Waals surface area contributed by atoms with Gasteiger partial charge in [-0.15, -0.1) is 0 Å². The molecule has 0 spiro atoms. The predicted molar refractivity (Wildman–Crippen MR) is 154 cm³/mol. The fourth-order valence-electron chi connectivity index (χ4n) is 4.15. The lowest BCUT2D eigenvalue weighted by Gasteiger charge is -2.30. The Labute approximate surface area is 240 Å². The molecule has 2 heterocycles. The number of rotatable bonds is 7. The van der Waals surface area contributed by atoms with Crippen molar-refractivity contribution in [1.29, 1.82) is 0 Å². The highest BCUT2D eigenvalue weighted by molar-refractivity contribution is 7.89. The lowest BCUT2D eigenvalue weighted by Crippen LogP contribution is -2.40. The SMILES string of the molecule is COc1ccc(S(=O)(=O)N(C)C)cc1.Cc1cc(C(=O)Nc2cccc3c2OCC(C)CN(CCO)C3=O)n(C)n1. The number of aliphatic hydroxyl groups is 1. The van der Waals surface area contributed by atoms with Crippen LogP contribution in [0.15, 0.2) is 53.4 Å². The largest absolute Gasteiger partial charge is 0.497 e. The number of hydrogen-bond acceptors (Lipinski definition) is 8. The minimum atomic E-state index is -3.32. The summed E-state index contributed by atoms with van der Waals surface area (Å²) in [5.74, 6) is 0.534. The van der Waals surface area contributed by atoms with Gasteiger partial charge in [0.2, 0.25) is 10.0 Å². The molecule has 0 saturated heterocycles. The number of benzene rings is 2. The number of amides is 2.